The van der Waals surface area contributed by atoms with E-state index in [4.69, 9.17) is 16.9 Å². The van der Waals surface area contributed by atoms with Gasteiger partial charge in [0.2, 0.25) is 0 Å². The van der Waals surface area contributed by atoms with Gasteiger partial charge in [-0.1, -0.05) is 55.8 Å². The van der Waals surface area contributed by atoms with Crippen LogP contribution in [0.15, 0.2) is 48.5 Å². The summed E-state index contributed by atoms with van der Waals surface area (Å²) >= 11 is 6.02. The van der Waals surface area contributed by atoms with Crippen molar-refractivity contribution in [2.24, 2.45) is 5.92 Å². The molecule has 0 aliphatic heterocycles. The Labute approximate surface area is 131 Å². The highest BCUT2D eigenvalue weighted by Gasteiger charge is 2.16. The van der Waals surface area contributed by atoms with Crippen molar-refractivity contribution in [3.8, 4) is 6.07 Å². The highest BCUT2D eigenvalue weighted by molar-refractivity contribution is 6.30. The standard InChI is InChI=1S/C18H19ClN2/c1-13(2)17(14-6-4-3-5-7-14)12-21-18-10-16(19)9-8-15(18)11-20/h3-10,13,17,21H,12H2,1-2H3. The third kappa shape index (κ3) is 4.00. The summed E-state index contributed by atoms with van der Waals surface area (Å²) in [4.78, 5) is 0. The second-order valence-corrected chi connectivity index (χ2v) is 5.88. The fraction of sp³-hybridized carbons (Fsp3) is 0.278. The van der Waals surface area contributed by atoms with Crippen LogP contribution in [-0.4, -0.2) is 6.54 Å². The number of benzene rings is 2. The third-order valence-corrected chi connectivity index (χ3v) is 3.88. The van der Waals surface area contributed by atoms with Crippen LogP contribution in [0.1, 0.15) is 30.9 Å². The van der Waals surface area contributed by atoms with Crippen molar-refractivity contribution in [1.29, 1.82) is 5.26 Å². The van der Waals surface area contributed by atoms with Gasteiger partial charge in [-0.25, -0.2) is 0 Å². The number of hydrogen-bond donors (Lipinski definition) is 1. The number of halogens is 1. The third-order valence-electron chi connectivity index (χ3n) is 3.65. The maximum atomic E-state index is 9.17. The Balaban J connectivity index is 2.17. The van der Waals surface area contributed by atoms with E-state index in [1.165, 1.54) is 5.56 Å². The Morgan fingerprint density at radius 2 is 1.86 bits per heavy atom. The van der Waals surface area contributed by atoms with Crippen LogP contribution < -0.4 is 5.32 Å². The molecule has 0 amide bonds. The fourth-order valence-electron chi connectivity index (χ4n) is 2.42. The molecule has 108 valence electrons. The lowest BCUT2D eigenvalue weighted by Crippen LogP contribution is -2.18. The summed E-state index contributed by atoms with van der Waals surface area (Å²) < 4.78 is 0. The van der Waals surface area contributed by atoms with Crippen LogP contribution in [0.3, 0.4) is 0 Å². The summed E-state index contributed by atoms with van der Waals surface area (Å²) in [5, 5.41) is 13.2. The highest BCUT2D eigenvalue weighted by Crippen LogP contribution is 2.26. The van der Waals surface area contributed by atoms with Gasteiger partial charge in [0.25, 0.3) is 0 Å². The first kappa shape index (κ1) is 15.4. The molecule has 21 heavy (non-hydrogen) atoms. The molecule has 2 rings (SSSR count). The minimum absolute atomic E-state index is 0.386. The van der Waals surface area contributed by atoms with Gasteiger partial charge >= 0.3 is 0 Å². The molecule has 2 aromatic carbocycles. The molecule has 0 heterocycles. The highest BCUT2D eigenvalue weighted by atomic mass is 35.5. The van der Waals surface area contributed by atoms with Crippen molar-refractivity contribution in [2.45, 2.75) is 19.8 Å². The summed E-state index contributed by atoms with van der Waals surface area (Å²) in [6.45, 7) is 5.20. The fourth-order valence-corrected chi connectivity index (χ4v) is 2.59. The zero-order valence-electron chi connectivity index (χ0n) is 12.3. The number of rotatable bonds is 5. The number of hydrogen-bond acceptors (Lipinski definition) is 2. The zero-order chi connectivity index (χ0) is 15.2. The second-order valence-electron chi connectivity index (χ2n) is 5.44. The Morgan fingerprint density at radius 1 is 1.14 bits per heavy atom. The predicted octanol–water partition coefficient (Wildman–Crippen LogP) is 5.06. The maximum absolute atomic E-state index is 9.17. The molecule has 0 spiro atoms. The Bertz CT molecular complexity index is 629. The maximum Gasteiger partial charge on any atom is 0.101 e. The molecule has 0 aliphatic carbocycles. The molecule has 1 unspecified atom stereocenters. The van der Waals surface area contributed by atoms with Crippen LogP contribution in [0, 0.1) is 17.2 Å². The largest absolute Gasteiger partial charge is 0.383 e. The van der Waals surface area contributed by atoms with Crippen LogP contribution >= 0.6 is 11.6 Å². The topological polar surface area (TPSA) is 35.8 Å². The normalized spacial score (nSPS) is 12.0. The minimum atomic E-state index is 0.386. The van der Waals surface area contributed by atoms with Crippen molar-refractivity contribution in [2.75, 3.05) is 11.9 Å². The number of anilines is 1. The van der Waals surface area contributed by atoms with E-state index < -0.39 is 0 Å². The van der Waals surface area contributed by atoms with Crippen LogP contribution in [0.4, 0.5) is 5.69 Å². The van der Waals surface area contributed by atoms with E-state index in [2.05, 4.69) is 49.5 Å². The van der Waals surface area contributed by atoms with E-state index in [0.29, 0.717) is 22.4 Å². The van der Waals surface area contributed by atoms with E-state index in [0.717, 1.165) is 12.2 Å². The first-order valence-corrected chi connectivity index (χ1v) is 7.48. The molecule has 1 N–H and O–H groups in total. The molecule has 0 saturated carbocycles. The average Bonchev–Trinajstić information content (AvgIpc) is 2.48. The number of nitrogens with one attached hydrogen (secondary N) is 1. The lowest BCUT2D eigenvalue weighted by molar-refractivity contribution is 0.517. The van der Waals surface area contributed by atoms with Crippen molar-refractivity contribution < 1.29 is 0 Å². The average molecular weight is 299 g/mol. The van der Waals surface area contributed by atoms with Crippen LogP contribution in [-0.2, 0) is 0 Å². The molecule has 2 aromatic rings. The van der Waals surface area contributed by atoms with Gasteiger partial charge < -0.3 is 5.32 Å². The van der Waals surface area contributed by atoms with Gasteiger partial charge in [-0.2, -0.15) is 5.26 Å². The quantitative estimate of drug-likeness (QED) is 0.837. The van der Waals surface area contributed by atoms with Crippen molar-refractivity contribution in [3.05, 3.63) is 64.7 Å². The number of nitriles is 1. The van der Waals surface area contributed by atoms with E-state index >= 15 is 0 Å². The predicted molar refractivity (Wildman–Crippen MR) is 88.7 cm³/mol. The summed E-state index contributed by atoms with van der Waals surface area (Å²) in [6.07, 6.45) is 0. The number of nitrogens with zero attached hydrogens (tertiary/aromatic N) is 1. The molecule has 3 heteroatoms. The monoisotopic (exact) mass is 298 g/mol. The lowest BCUT2D eigenvalue weighted by atomic mass is 9.88. The van der Waals surface area contributed by atoms with Crippen molar-refractivity contribution in [1.82, 2.24) is 0 Å². The first-order chi connectivity index (χ1) is 10.1. The van der Waals surface area contributed by atoms with E-state index in [1.807, 2.05) is 12.1 Å². The van der Waals surface area contributed by atoms with Gasteiger partial charge in [-0.3, -0.25) is 0 Å². The molecule has 0 aliphatic rings. The summed E-state index contributed by atoms with van der Waals surface area (Å²) in [7, 11) is 0. The van der Waals surface area contributed by atoms with Crippen LogP contribution in [0.5, 0.6) is 0 Å². The molecule has 2 nitrogen and oxygen atoms in total. The molecule has 0 radical (unpaired) electrons. The minimum Gasteiger partial charge on any atom is -0.383 e. The zero-order valence-corrected chi connectivity index (χ0v) is 13.1. The summed E-state index contributed by atoms with van der Waals surface area (Å²) in [5.41, 5.74) is 2.72. The SMILES string of the molecule is CC(C)C(CNc1cc(Cl)ccc1C#N)c1ccccc1. The molecule has 0 bridgehead atoms. The Hall–Kier alpha value is -1.98. The van der Waals surface area contributed by atoms with E-state index in [-0.39, 0.29) is 0 Å². The van der Waals surface area contributed by atoms with Crippen LogP contribution in [0.2, 0.25) is 5.02 Å². The first-order valence-electron chi connectivity index (χ1n) is 7.10. The summed E-state index contributed by atoms with van der Waals surface area (Å²) in [6, 6.07) is 17.9. The van der Waals surface area contributed by atoms with E-state index in [1.54, 1.807) is 12.1 Å². The molecule has 0 fully saturated rings. The van der Waals surface area contributed by atoms with Gasteiger partial charge in [0, 0.05) is 17.5 Å². The van der Waals surface area contributed by atoms with Gasteiger partial charge in [0.1, 0.15) is 6.07 Å². The summed E-state index contributed by atoms with van der Waals surface area (Å²) in [5.74, 6) is 0.890. The Kier molecular flexibility index (Phi) is 5.25. The van der Waals surface area contributed by atoms with Gasteiger partial charge in [0.05, 0.1) is 11.3 Å². The van der Waals surface area contributed by atoms with E-state index in [9.17, 15) is 0 Å². The molecule has 0 aromatic heterocycles. The lowest BCUT2D eigenvalue weighted by Gasteiger charge is -2.23. The van der Waals surface area contributed by atoms with Gasteiger partial charge in [-0.05, 0) is 29.7 Å². The van der Waals surface area contributed by atoms with Crippen LogP contribution in [0.25, 0.3) is 0 Å². The van der Waals surface area contributed by atoms with Gasteiger partial charge in [-0.15, -0.1) is 0 Å². The van der Waals surface area contributed by atoms with Crippen molar-refractivity contribution in [3.63, 3.8) is 0 Å². The smallest absolute Gasteiger partial charge is 0.101 e. The second kappa shape index (κ2) is 7.15. The molecular weight excluding hydrogens is 280 g/mol. The van der Waals surface area contributed by atoms with Gasteiger partial charge in [0.15, 0.2) is 0 Å². The molecule has 1 atom stereocenters. The molecule has 0 saturated heterocycles. The molecular formula is C18H19ClN2. The van der Waals surface area contributed by atoms with Crippen molar-refractivity contribution >= 4 is 17.3 Å². The Morgan fingerprint density at radius 3 is 2.48 bits per heavy atom.